The molecule has 0 aliphatic heterocycles. The van der Waals surface area contributed by atoms with E-state index in [-0.39, 0.29) is 5.91 Å². The number of ether oxygens (including phenoxy) is 1. The van der Waals surface area contributed by atoms with E-state index in [0.29, 0.717) is 10.7 Å². The van der Waals surface area contributed by atoms with E-state index in [0.717, 1.165) is 10.0 Å². The van der Waals surface area contributed by atoms with Gasteiger partial charge in [-0.25, -0.2) is 0 Å². The normalized spacial score (nSPS) is 11.9. The number of hydrogen-bond donors (Lipinski definition) is 1. The molecule has 2 aromatic carbocycles. The van der Waals surface area contributed by atoms with Crippen molar-refractivity contribution in [2.45, 2.75) is 6.10 Å². The van der Waals surface area contributed by atoms with Crippen molar-refractivity contribution in [3.8, 4) is 0 Å². The Bertz CT molecular complexity index is 604. The lowest BCUT2D eigenvalue weighted by Gasteiger charge is -2.15. The first-order valence-corrected chi connectivity index (χ1v) is 7.12. The summed E-state index contributed by atoms with van der Waals surface area (Å²) in [6, 6.07) is 14.5. The van der Waals surface area contributed by atoms with Crippen molar-refractivity contribution in [2.75, 3.05) is 12.4 Å². The summed E-state index contributed by atoms with van der Waals surface area (Å²) in [5.41, 5.74) is 1.46. The van der Waals surface area contributed by atoms with Gasteiger partial charge >= 0.3 is 0 Å². The first-order valence-electron chi connectivity index (χ1n) is 5.95. The van der Waals surface area contributed by atoms with Gasteiger partial charge in [0.2, 0.25) is 0 Å². The number of carbonyl (C=O) groups is 1. The molecular formula is C15H13BrClNO2. The molecule has 20 heavy (non-hydrogen) atoms. The van der Waals surface area contributed by atoms with Crippen molar-refractivity contribution in [2.24, 2.45) is 0 Å². The number of carbonyl (C=O) groups excluding carboxylic acids is 1. The molecule has 0 radical (unpaired) electrons. The fourth-order valence-corrected chi connectivity index (χ4v) is 2.30. The minimum absolute atomic E-state index is 0.229. The third-order valence-electron chi connectivity index (χ3n) is 2.76. The Morgan fingerprint density at radius 3 is 2.55 bits per heavy atom. The van der Waals surface area contributed by atoms with Gasteiger partial charge in [-0.1, -0.05) is 41.9 Å². The number of benzene rings is 2. The molecule has 3 nitrogen and oxygen atoms in total. The highest BCUT2D eigenvalue weighted by molar-refractivity contribution is 9.10. The number of methoxy groups -OCH3 is 1. The maximum Gasteiger partial charge on any atom is 0.258 e. The molecule has 0 aliphatic carbocycles. The Labute approximate surface area is 131 Å². The quantitative estimate of drug-likeness (QED) is 0.882. The zero-order chi connectivity index (χ0) is 14.5. The smallest absolute Gasteiger partial charge is 0.258 e. The van der Waals surface area contributed by atoms with Crippen molar-refractivity contribution in [1.82, 2.24) is 0 Å². The van der Waals surface area contributed by atoms with Gasteiger partial charge in [-0.05, 0) is 39.7 Å². The Kier molecular flexibility index (Phi) is 5.17. The highest BCUT2D eigenvalue weighted by Gasteiger charge is 2.19. The Hall–Kier alpha value is -1.36. The third kappa shape index (κ3) is 3.60. The summed E-state index contributed by atoms with van der Waals surface area (Å²) in [4.78, 5) is 12.3. The van der Waals surface area contributed by atoms with Crippen LogP contribution in [0.2, 0.25) is 5.02 Å². The van der Waals surface area contributed by atoms with Crippen LogP contribution in [0.3, 0.4) is 0 Å². The summed E-state index contributed by atoms with van der Waals surface area (Å²) in [6.07, 6.45) is -0.648. The van der Waals surface area contributed by atoms with Crippen LogP contribution >= 0.6 is 27.5 Å². The molecule has 0 bridgehead atoms. The topological polar surface area (TPSA) is 38.3 Å². The lowest BCUT2D eigenvalue weighted by molar-refractivity contribution is -0.126. The maximum absolute atomic E-state index is 12.3. The molecular weight excluding hydrogens is 342 g/mol. The van der Waals surface area contributed by atoms with Gasteiger partial charge in [-0.15, -0.1) is 0 Å². The summed E-state index contributed by atoms with van der Waals surface area (Å²) >= 11 is 9.24. The fraction of sp³-hybridized carbons (Fsp3) is 0.133. The van der Waals surface area contributed by atoms with Crippen LogP contribution in [0.15, 0.2) is 53.0 Å². The molecule has 104 valence electrons. The zero-order valence-corrected chi connectivity index (χ0v) is 13.1. The van der Waals surface area contributed by atoms with E-state index in [4.69, 9.17) is 16.3 Å². The Balaban J connectivity index is 2.15. The van der Waals surface area contributed by atoms with Crippen molar-refractivity contribution < 1.29 is 9.53 Å². The van der Waals surface area contributed by atoms with Crippen LogP contribution < -0.4 is 5.32 Å². The van der Waals surface area contributed by atoms with Gasteiger partial charge in [0, 0.05) is 17.3 Å². The van der Waals surface area contributed by atoms with E-state index < -0.39 is 6.10 Å². The Morgan fingerprint density at radius 1 is 1.25 bits per heavy atom. The molecule has 2 aromatic rings. The number of hydrogen-bond acceptors (Lipinski definition) is 2. The summed E-state index contributed by atoms with van der Waals surface area (Å²) in [7, 11) is 1.51. The van der Waals surface area contributed by atoms with Gasteiger partial charge in [0.1, 0.15) is 0 Å². The second kappa shape index (κ2) is 6.88. The van der Waals surface area contributed by atoms with E-state index in [2.05, 4.69) is 21.2 Å². The molecule has 0 saturated heterocycles. The highest BCUT2D eigenvalue weighted by atomic mass is 79.9. The zero-order valence-electron chi connectivity index (χ0n) is 10.8. The molecule has 1 atom stereocenters. The van der Waals surface area contributed by atoms with Gasteiger partial charge in [0.15, 0.2) is 6.10 Å². The molecule has 0 aromatic heterocycles. The second-order valence-corrected chi connectivity index (χ2v) is 5.41. The van der Waals surface area contributed by atoms with Crippen LogP contribution in [0.5, 0.6) is 0 Å². The predicted octanol–water partition coefficient (Wildman–Crippen LogP) is 4.43. The minimum atomic E-state index is -0.648. The number of halogens is 2. The van der Waals surface area contributed by atoms with Crippen molar-refractivity contribution in [1.29, 1.82) is 0 Å². The second-order valence-electron chi connectivity index (χ2n) is 4.14. The van der Waals surface area contributed by atoms with Gasteiger partial charge in [-0.2, -0.15) is 0 Å². The minimum Gasteiger partial charge on any atom is -0.367 e. The van der Waals surface area contributed by atoms with Crippen LogP contribution in [0.4, 0.5) is 5.69 Å². The molecule has 0 heterocycles. The maximum atomic E-state index is 12.3. The van der Waals surface area contributed by atoms with Crippen LogP contribution in [0.1, 0.15) is 11.7 Å². The number of nitrogens with one attached hydrogen (secondary N) is 1. The van der Waals surface area contributed by atoms with E-state index in [1.807, 2.05) is 30.3 Å². The molecule has 0 spiro atoms. The van der Waals surface area contributed by atoms with Crippen LogP contribution in [-0.4, -0.2) is 13.0 Å². The first-order chi connectivity index (χ1) is 9.61. The summed E-state index contributed by atoms with van der Waals surface area (Å²) in [5, 5.41) is 3.40. The van der Waals surface area contributed by atoms with E-state index >= 15 is 0 Å². The Morgan fingerprint density at radius 2 is 1.95 bits per heavy atom. The van der Waals surface area contributed by atoms with Gasteiger partial charge < -0.3 is 10.1 Å². The van der Waals surface area contributed by atoms with E-state index in [1.54, 1.807) is 18.2 Å². The first kappa shape index (κ1) is 15.0. The monoisotopic (exact) mass is 353 g/mol. The molecule has 0 aliphatic rings. The lowest BCUT2D eigenvalue weighted by Crippen LogP contribution is -2.22. The molecule has 5 heteroatoms. The van der Waals surface area contributed by atoms with Gasteiger partial charge in [0.25, 0.3) is 5.91 Å². The summed E-state index contributed by atoms with van der Waals surface area (Å²) < 4.78 is 6.00. The third-order valence-corrected chi connectivity index (χ3v) is 3.98. The van der Waals surface area contributed by atoms with Crippen molar-refractivity contribution in [3.05, 3.63) is 63.6 Å². The average molecular weight is 355 g/mol. The number of anilines is 1. The van der Waals surface area contributed by atoms with Gasteiger partial charge in [0.05, 0.1) is 5.02 Å². The van der Waals surface area contributed by atoms with Crippen molar-refractivity contribution in [3.63, 3.8) is 0 Å². The number of amides is 1. The van der Waals surface area contributed by atoms with Crippen LogP contribution in [0, 0.1) is 0 Å². The van der Waals surface area contributed by atoms with E-state index in [9.17, 15) is 4.79 Å². The molecule has 1 amide bonds. The van der Waals surface area contributed by atoms with Crippen LogP contribution in [0.25, 0.3) is 0 Å². The summed E-state index contributed by atoms with van der Waals surface area (Å²) in [5.74, 6) is -0.229. The molecule has 1 N–H and O–H groups in total. The molecule has 0 fully saturated rings. The van der Waals surface area contributed by atoms with E-state index in [1.165, 1.54) is 7.11 Å². The standard InChI is InChI=1S/C15H13BrClNO2/c1-20-14(10-5-3-2-4-6-10)15(19)18-11-7-8-13(17)12(16)9-11/h2-9,14H,1H3,(H,18,19). The molecule has 1 unspecified atom stereocenters. The highest BCUT2D eigenvalue weighted by Crippen LogP contribution is 2.26. The van der Waals surface area contributed by atoms with Crippen LogP contribution in [-0.2, 0) is 9.53 Å². The summed E-state index contributed by atoms with van der Waals surface area (Å²) in [6.45, 7) is 0. The van der Waals surface area contributed by atoms with Gasteiger partial charge in [-0.3, -0.25) is 4.79 Å². The predicted molar refractivity (Wildman–Crippen MR) is 84.0 cm³/mol. The fourth-order valence-electron chi connectivity index (χ4n) is 1.80. The molecule has 0 saturated carbocycles. The average Bonchev–Trinajstić information content (AvgIpc) is 2.45. The lowest BCUT2D eigenvalue weighted by atomic mass is 10.1. The largest absolute Gasteiger partial charge is 0.367 e. The van der Waals surface area contributed by atoms with Crippen molar-refractivity contribution >= 4 is 39.1 Å². The SMILES string of the molecule is COC(C(=O)Nc1ccc(Cl)c(Br)c1)c1ccccc1. The molecule has 2 rings (SSSR count). The number of rotatable bonds is 4.